The van der Waals surface area contributed by atoms with E-state index < -0.39 is 12.0 Å². The van der Waals surface area contributed by atoms with Gasteiger partial charge in [-0.2, -0.15) is 0 Å². The molecule has 1 aliphatic rings. The fourth-order valence-electron chi connectivity index (χ4n) is 3.43. The second-order valence-corrected chi connectivity index (χ2v) is 7.27. The molecule has 0 unspecified atom stereocenters. The zero-order valence-electron chi connectivity index (χ0n) is 16.3. The number of hydrogen-bond acceptors (Lipinski definition) is 4. The van der Waals surface area contributed by atoms with Crippen molar-refractivity contribution in [1.29, 1.82) is 0 Å². The van der Waals surface area contributed by atoms with Gasteiger partial charge in [-0.05, 0) is 42.3 Å². The Balaban J connectivity index is 1.67. The molecule has 2 aromatic rings. The van der Waals surface area contributed by atoms with Gasteiger partial charge >= 0.3 is 12.0 Å². The molecule has 0 aromatic heterocycles. The summed E-state index contributed by atoms with van der Waals surface area (Å²) in [6, 6.07) is 10.5. The number of ether oxygens (including phenoxy) is 1. The average Bonchev–Trinajstić information content (AvgIpc) is 2.72. The highest BCUT2D eigenvalue weighted by Crippen LogP contribution is 2.29. The van der Waals surface area contributed by atoms with Crippen LogP contribution in [0.2, 0.25) is 5.02 Å². The number of nitrogens with one attached hydrogen (secondary N) is 1. The lowest BCUT2D eigenvalue weighted by Gasteiger charge is -2.38. The minimum absolute atomic E-state index is 0.258. The largest absolute Gasteiger partial charge is 0.468 e. The van der Waals surface area contributed by atoms with Crippen LogP contribution in [0, 0.1) is 12.7 Å². The van der Waals surface area contributed by atoms with E-state index in [1.54, 1.807) is 36.1 Å². The highest BCUT2D eigenvalue weighted by molar-refractivity contribution is 6.31. The summed E-state index contributed by atoms with van der Waals surface area (Å²) in [5.74, 6) is -0.736. The third-order valence-corrected chi connectivity index (χ3v) is 5.37. The predicted molar refractivity (Wildman–Crippen MR) is 110 cm³/mol. The van der Waals surface area contributed by atoms with Gasteiger partial charge in [0.15, 0.2) is 0 Å². The fourth-order valence-corrected chi connectivity index (χ4v) is 3.67. The fraction of sp³-hybridized carbons (Fsp3) is 0.333. The molecule has 0 saturated carbocycles. The molecular weight excluding hydrogens is 397 g/mol. The molecule has 3 rings (SSSR count). The summed E-state index contributed by atoms with van der Waals surface area (Å²) in [4.78, 5) is 28.6. The highest BCUT2D eigenvalue weighted by atomic mass is 35.5. The van der Waals surface area contributed by atoms with Crippen LogP contribution in [0.15, 0.2) is 42.5 Å². The van der Waals surface area contributed by atoms with E-state index in [1.807, 2.05) is 11.0 Å². The number of anilines is 1. The van der Waals surface area contributed by atoms with Crippen molar-refractivity contribution in [2.75, 3.05) is 38.6 Å². The first-order chi connectivity index (χ1) is 13.9. The number of amides is 2. The number of halogens is 2. The van der Waals surface area contributed by atoms with Crippen molar-refractivity contribution in [2.45, 2.75) is 13.0 Å². The Hall–Kier alpha value is -2.64. The van der Waals surface area contributed by atoms with Crippen LogP contribution in [0.1, 0.15) is 17.2 Å². The van der Waals surface area contributed by atoms with Gasteiger partial charge in [0.05, 0.1) is 7.11 Å². The molecule has 1 saturated heterocycles. The van der Waals surface area contributed by atoms with Crippen LogP contribution in [-0.4, -0.2) is 55.1 Å². The maximum absolute atomic E-state index is 13.2. The van der Waals surface area contributed by atoms with E-state index in [-0.39, 0.29) is 11.8 Å². The maximum Gasteiger partial charge on any atom is 0.327 e. The Morgan fingerprint density at radius 2 is 1.83 bits per heavy atom. The number of rotatable bonds is 4. The van der Waals surface area contributed by atoms with Gasteiger partial charge in [-0.15, -0.1) is 0 Å². The quantitative estimate of drug-likeness (QED) is 0.764. The number of aryl methyl sites for hydroxylation is 1. The van der Waals surface area contributed by atoms with E-state index >= 15 is 0 Å². The van der Waals surface area contributed by atoms with Gasteiger partial charge < -0.3 is 15.0 Å². The molecule has 1 atom stereocenters. The lowest BCUT2D eigenvalue weighted by atomic mass is 10.0. The predicted octanol–water partition coefficient (Wildman–Crippen LogP) is 3.85. The normalized spacial score (nSPS) is 15.7. The summed E-state index contributed by atoms with van der Waals surface area (Å²) >= 11 is 6.30. The van der Waals surface area contributed by atoms with Crippen molar-refractivity contribution >= 4 is 29.3 Å². The van der Waals surface area contributed by atoms with Crippen LogP contribution in [0.4, 0.5) is 14.9 Å². The Morgan fingerprint density at radius 3 is 2.45 bits per heavy atom. The standard InChI is InChI=1S/C21H23ClFN3O3/c1-14-13-15(23)7-8-18(14)24-21(28)26-11-9-25(10-12-26)19(20(27)29-2)16-5-3-4-6-17(16)22/h3-8,13,19H,9-12H2,1-2H3,(H,24,28)/t19-/m1/s1. The topological polar surface area (TPSA) is 61.9 Å². The van der Waals surface area contributed by atoms with Crippen LogP contribution in [-0.2, 0) is 9.53 Å². The average molecular weight is 420 g/mol. The molecule has 1 heterocycles. The van der Waals surface area contributed by atoms with Crippen molar-refractivity contribution in [3.8, 4) is 0 Å². The number of hydrogen-bond donors (Lipinski definition) is 1. The first-order valence-corrected chi connectivity index (χ1v) is 9.67. The Labute approximate surface area is 174 Å². The number of methoxy groups -OCH3 is 1. The van der Waals surface area contributed by atoms with Gasteiger partial charge in [-0.3, -0.25) is 4.90 Å². The minimum atomic E-state index is -0.627. The maximum atomic E-state index is 13.2. The number of carbonyl (C=O) groups is 2. The first kappa shape index (κ1) is 21.1. The molecule has 1 N–H and O–H groups in total. The zero-order valence-corrected chi connectivity index (χ0v) is 17.1. The minimum Gasteiger partial charge on any atom is -0.468 e. The van der Waals surface area contributed by atoms with Gasteiger partial charge in [0.25, 0.3) is 0 Å². The summed E-state index contributed by atoms with van der Waals surface area (Å²) in [5.41, 5.74) is 1.91. The number of nitrogens with zero attached hydrogens (tertiary/aromatic N) is 2. The SMILES string of the molecule is COC(=O)[C@@H](c1ccccc1Cl)N1CCN(C(=O)Nc2ccc(F)cc2C)CC1. The molecule has 1 aliphatic heterocycles. The lowest BCUT2D eigenvalue weighted by molar-refractivity contribution is -0.148. The second kappa shape index (κ2) is 9.24. The van der Waals surface area contributed by atoms with E-state index in [0.717, 1.165) is 0 Å². The summed E-state index contributed by atoms with van der Waals surface area (Å²) in [5, 5.41) is 3.31. The number of esters is 1. The molecule has 154 valence electrons. The van der Waals surface area contributed by atoms with E-state index in [1.165, 1.54) is 19.2 Å². The second-order valence-electron chi connectivity index (χ2n) is 6.86. The summed E-state index contributed by atoms with van der Waals surface area (Å²) in [7, 11) is 1.35. The van der Waals surface area contributed by atoms with E-state index in [2.05, 4.69) is 5.32 Å². The molecule has 29 heavy (non-hydrogen) atoms. The molecule has 0 bridgehead atoms. The van der Waals surface area contributed by atoms with Crippen LogP contribution in [0.3, 0.4) is 0 Å². The molecule has 0 radical (unpaired) electrons. The van der Waals surface area contributed by atoms with Crippen molar-refractivity contribution in [3.63, 3.8) is 0 Å². The number of piperazine rings is 1. The third kappa shape index (κ3) is 4.86. The molecule has 2 amide bonds. The highest BCUT2D eigenvalue weighted by Gasteiger charge is 2.33. The summed E-state index contributed by atoms with van der Waals surface area (Å²) in [6.45, 7) is 3.58. The van der Waals surface area contributed by atoms with Crippen molar-refractivity contribution in [3.05, 3.63) is 64.4 Å². The van der Waals surface area contributed by atoms with Gasteiger partial charge in [-0.25, -0.2) is 14.0 Å². The zero-order chi connectivity index (χ0) is 21.0. The first-order valence-electron chi connectivity index (χ1n) is 9.29. The molecule has 8 heteroatoms. The number of urea groups is 1. The Kier molecular flexibility index (Phi) is 6.71. The molecule has 6 nitrogen and oxygen atoms in total. The van der Waals surface area contributed by atoms with Gasteiger partial charge in [0.1, 0.15) is 11.9 Å². The monoisotopic (exact) mass is 419 g/mol. The van der Waals surface area contributed by atoms with Crippen LogP contribution >= 0.6 is 11.6 Å². The van der Waals surface area contributed by atoms with E-state index in [4.69, 9.17) is 16.3 Å². The third-order valence-electron chi connectivity index (χ3n) is 5.02. The number of carbonyl (C=O) groups excluding carboxylic acids is 2. The van der Waals surface area contributed by atoms with Crippen molar-refractivity contribution < 1.29 is 18.7 Å². The molecule has 2 aromatic carbocycles. The molecule has 1 fully saturated rings. The molecule has 0 spiro atoms. The van der Waals surface area contributed by atoms with E-state index in [0.29, 0.717) is 48.0 Å². The van der Waals surface area contributed by atoms with Crippen LogP contribution < -0.4 is 5.32 Å². The van der Waals surface area contributed by atoms with Gasteiger partial charge in [0, 0.05) is 36.9 Å². The van der Waals surface area contributed by atoms with Crippen molar-refractivity contribution in [1.82, 2.24) is 9.80 Å². The number of benzene rings is 2. The van der Waals surface area contributed by atoms with Crippen LogP contribution in [0.5, 0.6) is 0 Å². The summed E-state index contributed by atoms with van der Waals surface area (Å²) < 4.78 is 18.2. The molecule has 0 aliphatic carbocycles. The van der Waals surface area contributed by atoms with Crippen LogP contribution in [0.25, 0.3) is 0 Å². The Bertz CT molecular complexity index is 900. The van der Waals surface area contributed by atoms with Crippen molar-refractivity contribution in [2.24, 2.45) is 0 Å². The van der Waals surface area contributed by atoms with E-state index in [9.17, 15) is 14.0 Å². The van der Waals surface area contributed by atoms with Gasteiger partial charge in [0.2, 0.25) is 0 Å². The smallest absolute Gasteiger partial charge is 0.327 e. The summed E-state index contributed by atoms with van der Waals surface area (Å²) in [6.07, 6.45) is 0. The van der Waals surface area contributed by atoms with Gasteiger partial charge in [-0.1, -0.05) is 29.8 Å². The Morgan fingerprint density at radius 1 is 1.14 bits per heavy atom. The lowest BCUT2D eigenvalue weighted by Crippen LogP contribution is -2.52. The molecular formula is C21H23ClFN3O3.